The van der Waals surface area contributed by atoms with Crippen LogP contribution in [-0.2, 0) is 4.74 Å². The molecule has 0 bridgehead atoms. The summed E-state index contributed by atoms with van der Waals surface area (Å²) in [6.07, 6.45) is 5.44. The fourth-order valence-electron chi connectivity index (χ4n) is 4.04. The summed E-state index contributed by atoms with van der Waals surface area (Å²) in [4.78, 5) is 24.2. The van der Waals surface area contributed by atoms with E-state index in [1.54, 1.807) is 17.1 Å². The normalized spacial score (nSPS) is 17.7. The van der Waals surface area contributed by atoms with Crippen molar-refractivity contribution in [3.05, 3.63) is 47.9 Å². The monoisotopic (exact) mass is 419 g/mol. The summed E-state index contributed by atoms with van der Waals surface area (Å²) in [5.41, 5.74) is 3.19. The van der Waals surface area contributed by atoms with Crippen molar-refractivity contribution in [2.24, 2.45) is 0 Å². The van der Waals surface area contributed by atoms with Crippen LogP contribution < -0.4 is 9.47 Å². The molecule has 1 aromatic carbocycles. The Kier molecular flexibility index (Phi) is 4.34. The first-order valence-corrected chi connectivity index (χ1v) is 10.5. The van der Waals surface area contributed by atoms with Gasteiger partial charge in [-0.2, -0.15) is 5.10 Å². The summed E-state index contributed by atoms with van der Waals surface area (Å²) in [7, 11) is 0. The number of rotatable bonds is 4. The van der Waals surface area contributed by atoms with Crippen molar-refractivity contribution in [1.82, 2.24) is 24.6 Å². The van der Waals surface area contributed by atoms with Gasteiger partial charge in [-0.15, -0.1) is 0 Å². The van der Waals surface area contributed by atoms with Crippen molar-refractivity contribution >= 4 is 5.91 Å². The maximum atomic E-state index is 13.1. The van der Waals surface area contributed by atoms with Crippen molar-refractivity contribution in [3.63, 3.8) is 0 Å². The second-order valence-corrected chi connectivity index (χ2v) is 7.84. The Hall–Kier alpha value is -3.46. The van der Waals surface area contributed by atoms with Crippen LogP contribution in [0.4, 0.5) is 0 Å². The second-order valence-electron chi connectivity index (χ2n) is 7.84. The topological polar surface area (TPSA) is 91.6 Å². The van der Waals surface area contributed by atoms with Gasteiger partial charge in [0.15, 0.2) is 11.5 Å². The highest BCUT2D eigenvalue weighted by molar-refractivity contribution is 5.95. The van der Waals surface area contributed by atoms with E-state index in [2.05, 4.69) is 10.1 Å². The van der Waals surface area contributed by atoms with E-state index in [0.29, 0.717) is 49.5 Å². The minimum atomic E-state index is 0.00313. The highest BCUT2D eigenvalue weighted by Crippen LogP contribution is 2.42. The number of amides is 1. The molecule has 4 heterocycles. The number of aromatic nitrogens is 4. The van der Waals surface area contributed by atoms with E-state index in [9.17, 15) is 4.79 Å². The molecule has 0 atom stereocenters. The molecule has 3 aliphatic rings. The van der Waals surface area contributed by atoms with Gasteiger partial charge in [-0.3, -0.25) is 4.79 Å². The Morgan fingerprint density at radius 1 is 1.06 bits per heavy atom. The van der Waals surface area contributed by atoms with Gasteiger partial charge in [0.05, 0.1) is 36.4 Å². The standard InChI is InChI=1S/C22H21N5O4/c28-21(26-7-9-29-10-8-26)16-12-24-27(20(16)14-1-2-14)22-23-6-5-17(25-22)15-3-4-18-19(11-15)31-13-30-18/h3-6,11-12,14H,1-2,7-10,13H2. The highest BCUT2D eigenvalue weighted by Gasteiger charge is 2.35. The molecule has 2 aliphatic heterocycles. The van der Waals surface area contributed by atoms with Crippen molar-refractivity contribution in [1.29, 1.82) is 0 Å². The van der Waals surface area contributed by atoms with Crippen molar-refractivity contribution in [3.8, 4) is 28.7 Å². The first kappa shape index (κ1) is 18.3. The molecular formula is C22H21N5O4. The summed E-state index contributed by atoms with van der Waals surface area (Å²) in [5.74, 6) is 2.20. The van der Waals surface area contributed by atoms with Crippen LogP contribution in [0, 0.1) is 0 Å². The molecule has 0 N–H and O–H groups in total. The van der Waals surface area contributed by atoms with Gasteiger partial charge >= 0.3 is 0 Å². The van der Waals surface area contributed by atoms with Gasteiger partial charge in [-0.25, -0.2) is 14.6 Å². The van der Waals surface area contributed by atoms with Crippen molar-refractivity contribution < 1.29 is 19.0 Å². The number of carbonyl (C=O) groups is 1. The van der Waals surface area contributed by atoms with Crippen LogP contribution in [0.1, 0.15) is 34.8 Å². The van der Waals surface area contributed by atoms with Gasteiger partial charge < -0.3 is 19.1 Å². The Bertz CT molecular complexity index is 1150. The zero-order valence-corrected chi connectivity index (χ0v) is 16.9. The Balaban J connectivity index is 1.36. The molecule has 3 aromatic rings. The molecule has 9 nitrogen and oxygen atoms in total. The summed E-state index contributed by atoms with van der Waals surface area (Å²) in [6.45, 7) is 2.57. The number of fused-ring (bicyclic) bond motifs is 1. The Morgan fingerprint density at radius 2 is 1.90 bits per heavy atom. The summed E-state index contributed by atoms with van der Waals surface area (Å²) in [6, 6.07) is 7.58. The second kappa shape index (κ2) is 7.35. The van der Waals surface area contributed by atoms with E-state index >= 15 is 0 Å². The predicted molar refractivity (Wildman–Crippen MR) is 109 cm³/mol. The van der Waals surface area contributed by atoms with E-state index in [1.807, 2.05) is 29.2 Å². The summed E-state index contributed by atoms with van der Waals surface area (Å²) < 4.78 is 18.0. The van der Waals surface area contributed by atoms with Crippen LogP contribution in [0.15, 0.2) is 36.7 Å². The maximum absolute atomic E-state index is 13.1. The molecule has 0 spiro atoms. The average molecular weight is 419 g/mol. The lowest BCUT2D eigenvalue weighted by atomic mass is 10.1. The lowest BCUT2D eigenvalue weighted by Gasteiger charge is -2.26. The largest absolute Gasteiger partial charge is 0.454 e. The van der Waals surface area contributed by atoms with Crippen molar-refractivity contribution in [2.75, 3.05) is 33.1 Å². The summed E-state index contributed by atoms with van der Waals surface area (Å²) >= 11 is 0. The third kappa shape index (κ3) is 3.31. The highest BCUT2D eigenvalue weighted by atomic mass is 16.7. The summed E-state index contributed by atoms with van der Waals surface area (Å²) in [5, 5.41) is 4.52. The molecule has 2 fully saturated rings. The zero-order chi connectivity index (χ0) is 20.8. The number of carbonyl (C=O) groups excluding carboxylic acids is 1. The molecule has 0 unspecified atom stereocenters. The fraction of sp³-hybridized carbons (Fsp3) is 0.364. The molecule has 9 heteroatoms. The minimum absolute atomic E-state index is 0.00313. The fourth-order valence-corrected chi connectivity index (χ4v) is 4.04. The lowest BCUT2D eigenvalue weighted by molar-refractivity contribution is 0.0302. The SMILES string of the molecule is O=C(c1cnn(-c2nccc(-c3ccc4c(c3)OCO4)n2)c1C1CC1)N1CCOCC1. The smallest absolute Gasteiger partial charge is 0.257 e. The van der Waals surface area contributed by atoms with E-state index in [4.69, 9.17) is 19.2 Å². The molecule has 1 saturated carbocycles. The van der Waals surface area contributed by atoms with E-state index in [0.717, 1.165) is 35.5 Å². The number of hydrogen-bond acceptors (Lipinski definition) is 7. The predicted octanol–water partition coefficient (Wildman–Crippen LogP) is 2.41. The van der Waals surface area contributed by atoms with Crippen LogP contribution in [0.3, 0.4) is 0 Å². The molecule has 0 radical (unpaired) electrons. The van der Waals surface area contributed by atoms with Gasteiger partial charge in [0, 0.05) is 30.8 Å². The zero-order valence-electron chi connectivity index (χ0n) is 16.9. The molecule has 6 rings (SSSR count). The van der Waals surface area contributed by atoms with Gasteiger partial charge in [0.1, 0.15) is 0 Å². The van der Waals surface area contributed by atoms with Crippen LogP contribution in [0.2, 0.25) is 0 Å². The molecule has 31 heavy (non-hydrogen) atoms. The van der Waals surface area contributed by atoms with E-state index in [-0.39, 0.29) is 12.7 Å². The van der Waals surface area contributed by atoms with Crippen molar-refractivity contribution in [2.45, 2.75) is 18.8 Å². The first-order valence-electron chi connectivity index (χ1n) is 10.5. The number of benzene rings is 1. The Morgan fingerprint density at radius 3 is 2.74 bits per heavy atom. The number of hydrogen-bond donors (Lipinski definition) is 0. The number of ether oxygens (including phenoxy) is 3. The molecule has 1 saturated heterocycles. The quantitative estimate of drug-likeness (QED) is 0.641. The van der Waals surface area contributed by atoms with Gasteiger partial charge in [0.25, 0.3) is 11.9 Å². The minimum Gasteiger partial charge on any atom is -0.454 e. The number of morpholine rings is 1. The molecule has 2 aromatic heterocycles. The van der Waals surface area contributed by atoms with E-state index < -0.39 is 0 Å². The van der Waals surface area contributed by atoms with Crippen LogP contribution in [-0.4, -0.2) is 63.7 Å². The molecule has 1 amide bonds. The van der Waals surface area contributed by atoms with Gasteiger partial charge in [-0.1, -0.05) is 0 Å². The van der Waals surface area contributed by atoms with Crippen LogP contribution in [0.25, 0.3) is 17.2 Å². The maximum Gasteiger partial charge on any atom is 0.257 e. The van der Waals surface area contributed by atoms with Gasteiger partial charge in [-0.05, 0) is 37.1 Å². The van der Waals surface area contributed by atoms with Crippen LogP contribution >= 0.6 is 0 Å². The third-order valence-electron chi connectivity index (χ3n) is 5.80. The Labute approximate surface area is 178 Å². The molecule has 1 aliphatic carbocycles. The van der Waals surface area contributed by atoms with Gasteiger partial charge in [0.2, 0.25) is 6.79 Å². The molecule has 158 valence electrons. The first-order chi connectivity index (χ1) is 15.3. The average Bonchev–Trinajstić information content (AvgIpc) is 3.39. The van der Waals surface area contributed by atoms with E-state index in [1.165, 1.54) is 0 Å². The number of nitrogens with zero attached hydrogens (tertiary/aromatic N) is 5. The lowest BCUT2D eigenvalue weighted by Crippen LogP contribution is -2.40. The van der Waals surface area contributed by atoms with Crippen LogP contribution in [0.5, 0.6) is 11.5 Å². The third-order valence-corrected chi connectivity index (χ3v) is 5.80. The molecular weight excluding hydrogens is 398 g/mol.